The number of hydrogen-bond acceptors (Lipinski definition) is 3. The number of carbonyl (C=O) groups excluding carboxylic acids is 2. The molecule has 0 spiro atoms. The highest BCUT2D eigenvalue weighted by molar-refractivity contribution is 5.85. The van der Waals surface area contributed by atoms with Crippen molar-refractivity contribution in [1.82, 2.24) is 4.90 Å². The van der Waals surface area contributed by atoms with E-state index in [2.05, 4.69) is 0 Å². The fourth-order valence-electron chi connectivity index (χ4n) is 2.86. The second-order valence-corrected chi connectivity index (χ2v) is 4.67. The molecule has 2 aliphatic rings. The van der Waals surface area contributed by atoms with Crippen LogP contribution in [-0.4, -0.2) is 36.5 Å². The Kier molecular flexibility index (Phi) is 3.46. The zero-order valence-corrected chi connectivity index (χ0v) is 9.78. The average molecular weight is 225 g/mol. The van der Waals surface area contributed by atoms with Gasteiger partial charge in [0.05, 0.1) is 6.61 Å². The minimum atomic E-state index is -0.283. The molecule has 90 valence electrons. The Bertz CT molecular complexity index is 290. The van der Waals surface area contributed by atoms with Gasteiger partial charge in [-0.3, -0.25) is 9.59 Å². The van der Waals surface area contributed by atoms with Gasteiger partial charge in [0.2, 0.25) is 5.91 Å². The Morgan fingerprint density at radius 2 is 2.19 bits per heavy atom. The summed E-state index contributed by atoms with van der Waals surface area (Å²) in [5, 5.41) is 0. The Hall–Kier alpha value is -1.06. The zero-order chi connectivity index (χ0) is 11.5. The summed E-state index contributed by atoms with van der Waals surface area (Å²) < 4.78 is 4.87. The number of esters is 1. The number of hydrogen-bond donors (Lipinski definition) is 0. The Labute approximate surface area is 95.9 Å². The molecule has 0 aromatic rings. The second kappa shape index (κ2) is 4.85. The molecule has 4 heteroatoms. The van der Waals surface area contributed by atoms with Crippen LogP contribution in [0.15, 0.2) is 0 Å². The van der Waals surface area contributed by atoms with Crippen molar-refractivity contribution >= 4 is 11.9 Å². The van der Waals surface area contributed by atoms with Crippen molar-refractivity contribution in [2.45, 2.75) is 32.6 Å². The summed E-state index contributed by atoms with van der Waals surface area (Å²) in [6.45, 7) is 3.05. The Morgan fingerprint density at radius 1 is 1.44 bits per heavy atom. The minimum absolute atomic E-state index is 0.139. The van der Waals surface area contributed by atoms with Crippen molar-refractivity contribution < 1.29 is 14.3 Å². The third kappa shape index (κ3) is 2.20. The van der Waals surface area contributed by atoms with Crippen LogP contribution >= 0.6 is 0 Å². The molecule has 16 heavy (non-hydrogen) atoms. The lowest BCUT2D eigenvalue weighted by Gasteiger charge is -2.21. The highest BCUT2D eigenvalue weighted by atomic mass is 16.5. The number of nitrogens with zero attached hydrogens (tertiary/aromatic N) is 1. The summed E-state index contributed by atoms with van der Waals surface area (Å²) in [7, 11) is 0. The van der Waals surface area contributed by atoms with Crippen LogP contribution in [0, 0.1) is 11.8 Å². The van der Waals surface area contributed by atoms with Gasteiger partial charge in [-0.05, 0) is 25.7 Å². The molecule has 1 saturated carbocycles. The van der Waals surface area contributed by atoms with E-state index in [0.29, 0.717) is 12.5 Å². The molecule has 1 aliphatic heterocycles. The lowest BCUT2D eigenvalue weighted by molar-refractivity contribution is -0.148. The quantitative estimate of drug-likeness (QED) is 0.678. The van der Waals surface area contributed by atoms with Gasteiger partial charge in [-0.15, -0.1) is 0 Å². The van der Waals surface area contributed by atoms with Crippen molar-refractivity contribution in [3.63, 3.8) is 0 Å². The van der Waals surface area contributed by atoms with Crippen molar-refractivity contribution in [3.05, 3.63) is 0 Å². The van der Waals surface area contributed by atoms with Crippen molar-refractivity contribution in [1.29, 1.82) is 0 Å². The molecule has 0 aromatic carbocycles. The van der Waals surface area contributed by atoms with E-state index in [1.807, 2.05) is 0 Å². The maximum absolute atomic E-state index is 12.0. The topological polar surface area (TPSA) is 46.6 Å². The molecule has 2 rings (SSSR count). The molecular formula is C12H19NO3. The summed E-state index contributed by atoms with van der Waals surface area (Å²) in [6.07, 6.45) is 4.51. The first-order valence-electron chi connectivity index (χ1n) is 6.16. The number of fused-ring (bicyclic) bond motifs is 1. The van der Waals surface area contributed by atoms with Gasteiger partial charge in [0, 0.05) is 12.5 Å². The predicted molar refractivity (Wildman–Crippen MR) is 58.7 cm³/mol. The van der Waals surface area contributed by atoms with Crippen LogP contribution in [0.2, 0.25) is 0 Å². The van der Waals surface area contributed by atoms with Gasteiger partial charge in [0.25, 0.3) is 0 Å². The maximum Gasteiger partial charge on any atom is 0.325 e. The molecule has 1 aliphatic carbocycles. The van der Waals surface area contributed by atoms with E-state index < -0.39 is 0 Å². The largest absolute Gasteiger partial charge is 0.465 e. The number of carbonyl (C=O) groups is 2. The third-order valence-corrected chi connectivity index (χ3v) is 3.62. The van der Waals surface area contributed by atoms with E-state index in [9.17, 15) is 9.59 Å². The third-order valence-electron chi connectivity index (χ3n) is 3.62. The Balaban J connectivity index is 1.92. The van der Waals surface area contributed by atoms with E-state index in [4.69, 9.17) is 4.74 Å². The van der Waals surface area contributed by atoms with E-state index >= 15 is 0 Å². The van der Waals surface area contributed by atoms with Crippen LogP contribution in [-0.2, 0) is 14.3 Å². The molecule has 1 amide bonds. The van der Waals surface area contributed by atoms with Crippen LogP contribution in [0.5, 0.6) is 0 Å². The molecule has 0 bridgehead atoms. The van der Waals surface area contributed by atoms with Gasteiger partial charge in [0.15, 0.2) is 0 Å². The predicted octanol–water partition coefficient (Wildman–Crippen LogP) is 1.20. The molecule has 0 N–H and O–H groups in total. The zero-order valence-electron chi connectivity index (χ0n) is 9.78. The SMILES string of the molecule is CCOC(=O)CN1C[C@H]2CCCC[C@H]2C1=O. The normalized spacial score (nSPS) is 29.1. The first-order chi connectivity index (χ1) is 7.72. The van der Waals surface area contributed by atoms with Crippen molar-refractivity contribution in [2.24, 2.45) is 11.8 Å². The molecule has 0 aromatic heterocycles. The van der Waals surface area contributed by atoms with E-state index in [1.54, 1.807) is 11.8 Å². The lowest BCUT2D eigenvalue weighted by Crippen LogP contribution is -2.33. The van der Waals surface area contributed by atoms with Crippen LogP contribution in [0.1, 0.15) is 32.6 Å². The fourth-order valence-corrected chi connectivity index (χ4v) is 2.86. The van der Waals surface area contributed by atoms with Crippen LogP contribution in [0.3, 0.4) is 0 Å². The summed E-state index contributed by atoms with van der Waals surface area (Å²) in [6, 6.07) is 0. The smallest absolute Gasteiger partial charge is 0.325 e. The van der Waals surface area contributed by atoms with Crippen LogP contribution in [0.4, 0.5) is 0 Å². The summed E-state index contributed by atoms with van der Waals surface area (Å²) >= 11 is 0. The molecule has 4 nitrogen and oxygen atoms in total. The van der Waals surface area contributed by atoms with Crippen molar-refractivity contribution in [3.8, 4) is 0 Å². The van der Waals surface area contributed by atoms with E-state index in [0.717, 1.165) is 25.8 Å². The highest BCUT2D eigenvalue weighted by Gasteiger charge is 2.41. The van der Waals surface area contributed by atoms with Gasteiger partial charge in [-0.1, -0.05) is 12.8 Å². The minimum Gasteiger partial charge on any atom is -0.465 e. The number of likely N-dealkylation sites (tertiary alicyclic amines) is 1. The first kappa shape index (κ1) is 11.4. The molecule has 1 heterocycles. The van der Waals surface area contributed by atoms with Gasteiger partial charge in [-0.25, -0.2) is 0 Å². The first-order valence-corrected chi connectivity index (χ1v) is 6.16. The van der Waals surface area contributed by atoms with Gasteiger partial charge >= 0.3 is 5.97 Å². The molecule has 1 saturated heterocycles. The van der Waals surface area contributed by atoms with Gasteiger partial charge in [0.1, 0.15) is 6.54 Å². The summed E-state index contributed by atoms with van der Waals surface area (Å²) in [5.74, 6) is 0.547. The molecule has 0 radical (unpaired) electrons. The summed E-state index contributed by atoms with van der Waals surface area (Å²) in [4.78, 5) is 25.0. The van der Waals surface area contributed by atoms with Crippen LogP contribution in [0.25, 0.3) is 0 Å². The average Bonchev–Trinajstić information content (AvgIpc) is 2.57. The van der Waals surface area contributed by atoms with Crippen LogP contribution < -0.4 is 0 Å². The number of ether oxygens (including phenoxy) is 1. The number of rotatable bonds is 3. The molecule has 2 atom stereocenters. The maximum atomic E-state index is 12.0. The summed E-state index contributed by atoms with van der Waals surface area (Å²) in [5.41, 5.74) is 0. The lowest BCUT2D eigenvalue weighted by atomic mass is 9.81. The van der Waals surface area contributed by atoms with E-state index in [1.165, 1.54) is 6.42 Å². The Morgan fingerprint density at radius 3 is 2.88 bits per heavy atom. The van der Waals surface area contributed by atoms with Gasteiger partial charge < -0.3 is 9.64 Å². The fraction of sp³-hybridized carbons (Fsp3) is 0.833. The molecule has 2 fully saturated rings. The molecule has 0 unspecified atom stereocenters. The second-order valence-electron chi connectivity index (χ2n) is 4.67. The highest BCUT2D eigenvalue weighted by Crippen LogP contribution is 2.36. The number of amides is 1. The standard InChI is InChI=1S/C12H19NO3/c1-2-16-11(14)8-13-7-9-5-3-4-6-10(9)12(13)15/h9-10H,2-8H2,1H3/t9-,10-/m1/s1. The van der Waals surface area contributed by atoms with Gasteiger partial charge in [-0.2, -0.15) is 0 Å². The molecular weight excluding hydrogens is 206 g/mol. The monoisotopic (exact) mass is 225 g/mol. The van der Waals surface area contributed by atoms with Crippen molar-refractivity contribution in [2.75, 3.05) is 19.7 Å². The van der Waals surface area contributed by atoms with E-state index in [-0.39, 0.29) is 24.3 Å².